The summed E-state index contributed by atoms with van der Waals surface area (Å²) in [5.74, 6) is 0.383. The second-order valence-electron chi connectivity index (χ2n) is 5.93. The van der Waals surface area contributed by atoms with Crippen LogP contribution in [0.3, 0.4) is 0 Å². The van der Waals surface area contributed by atoms with Gasteiger partial charge in [0.05, 0.1) is 18.1 Å². The van der Waals surface area contributed by atoms with Crippen LogP contribution in [-0.2, 0) is 9.59 Å². The number of nitrogens with one attached hydrogen (secondary N) is 1. The predicted molar refractivity (Wildman–Crippen MR) is 89.5 cm³/mol. The monoisotopic (exact) mass is 356 g/mol. The Bertz CT molecular complexity index is 589. The average Bonchev–Trinajstić information content (AvgIpc) is 2.55. The van der Waals surface area contributed by atoms with Gasteiger partial charge in [0.2, 0.25) is 11.8 Å². The van der Waals surface area contributed by atoms with Crippen molar-refractivity contribution in [1.82, 2.24) is 10.2 Å². The smallest absolute Gasteiger partial charge is 0.225 e. The highest BCUT2D eigenvalue weighted by Crippen LogP contribution is 2.25. The third-order valence-corrected chi connectivity index (χ3v) is 4.37. The Morgan fingerprint density at radius 1 is 1.38 bits per heavy atom. The summed E-state index contributed by atoms with van der Waals surface area (Å²) < 4.78 is 18.4. The number of carbonyl (C=O) groups excluding carboxylic acids is 2. The minimum atomic E-state index is -0.425. The van der Waals surface area contributed by atoms with Crippen molar-refractivity contribution in [2.24, 2.45) is 5.92 Å². The summed E-state index contributed by atoms with van der Waals surface area (Å²) in [7, 11) is 0. The number of halogens is 2. The second-order valence-corrected chi connectivity index (χ2v) is 6.34. The Morgan fingerprint density at radius 3 is 2.71 bits per heavy atom. The van der Waals surface area contributed by atoms with E-state index in [-0.39, 0.29) is 29.9 Å². The van der Waals surface area contributed by atoms with Gasteiger partial charge in [0.25, 0.3) is 0 Å². The molecule has 1 saturated heterocycles. The van der Waals surface area contributed by atoms with Gasteiger partial charge in [-0.15, -0.1) is 0 Å². The molecule has 1 heterocycles. The van der Waals surface area contributed by atoms with E-state index in [4.69, 9.17) is 16.3 Å². The Labute approximate surface area is 146 Å². The quantitative estimate of drug-likeness (QED) is 0.852. The van der Waals surface area contributed by atoms with Crippen LogP contribution in [0.15, 0.2) is 18.2 Å². The molecule has 5 nitrogen and oxygen atoms in total. The molecule has 0 spiro atoms. The SMILES string of the molecule is CC(=O)NCC1CCN(C(=O)CCOc2ccc(F)cc2Cl)CC1. The number of carbonyl (C=O) groups is 2. The van der Waals surface area contributed by atoms with Crippen molar-refractivity contribution < 1.29 is 18.7 Å². The van der Waals surface area contributed by atoms with E-state index in [0.717, 1.165) is 12.8 Å². The fourth-order valence-electron chi connectivity index (χ4n) is 2.67. The zero-order valence-corrected chi connectivity index (χ0v) is 14.4. The lowest BCUT2D eigenvalue weighted by molar-refractivity contribution is -0.133. The minimum absolute atomic E-state index is 0.0230. The normalized spacial score (nSPS) is 15.2. The van der Waals surface area contributed by atoms with Gasteiger partial charge >= 0.3 is 0 Å². The number of ether oxygens (including phenoxy) is 1. The first kappa shape index (κ1) is 18.5. The Balaban J connectivity index is 1.69. The number of likely N-dealkylation sites (tertiary alicyclic amines) is 1. The van der Waals surface area contributed by atoms with Gasteiger partial charge in [-0.25, -0.2) is 4.39 Å². The van der Waals surface area contributed by atoms with Crippen LogP contribution in [0.25, 0.3) is 0 Å². The summed E-state index contributed by atoms with van der Waals surface area (Å²) in [5, 5.41) is 3.01. The van der Waals surface area contributed by atoms with Crippen molar-refractivity contribution in [1.29, 1.82) is 0 Å². The number of benzene rings is 1. The summed E-state index contributed by atoms with van der Waals surface area (Å²) in [6.45, 7) is 3.77. The zero-order chi connectivity index (χ0) is 17.5. The largest absolute Gasteiger partial charge is 0.491 e. The molecule has 24 heavy (non-hydrogen) atoms. The summed E-state index contributed by atoms with van der Waals surface area (Å²) in [6, 6.07) is 3.90. The molecule has 1 aliphatic rings. The van der Waals surface area contributed by atoms with E-state index in [9.17, 15) is 14.0 Å². The molecule has 0 bridgehead atoms. The fraction of sp³-hybridized carbons (Fsp3) is 0.529. The van der Waals surface area contributed by atoms with Crippen molar-refractivity contribution in [3.05, 3.63) is 29.0 Å². The Kier molecular flexibility index (Phi) is 6.85. The standard InChI is InChI=1S/C17H22ClFN2O3/c1-12(22)20-11-13-4-7-21(8-5-13)17(23)6-9-24-16-3-2-14(19)10-15(16)18/h2-3,10,13H,4-9,11H2,1H3,(H,20,22). The number of hydrogen-bond acceptors (Lipinski definition) is 3. The van der Waals surface area contributed by atoms with Crippen molar-refractivity contribution >= 4 is 23.4 Å². The molecule has 0 radical (unpaired) electrons. The van der Waals surface area contributed by atoms with Crippen molar-refractivity contribution in [2.45, 2.75) is 26.2 Å². The lowest BCUT2D eigenvalue weighted by atomic mass is 9.96. The van der Waals surface area contributed by atoms with Crippen LogP contribution in [-0.4, -0.2) is 43.0 Å². The van der Waals surface area contributed by atoms with Crippen LogP contribution in [0.2, 0.25) is 5.02 Å². The first-order chi connectivity index (χ1) is 11.5. The summed E-state index contributed by atoms with van der Waals surface area (Å²) >= 11 is 5.87. The number of piperidine rings is 1. The first-order valence-electron chi connectivity index (χ1n) is 8.05. The Morgan fingerprint density at radius 2 is 2.08 bits per heavy atom. The molecule has 2 amide bonds. The van der Waals surface area contributed by atoms with Crippen LogP contribution in [0.1, 0.15) is 26.2 Å². The van der Waals surface area contributed by atoms with Crippen molar-refractivity contribution in [3.63, 3.8) is 0 Å². The second kappa shape index (κ2) is 8.87. The van der Waals surface area contributed by atoms with E-state index in [0.29, 0.717) is 31.3 Å². The molecule has 0 unspecified atom stereocenters. The van der Waals surface area contributed by atoms with E-state index >= 15 is 0 Å². The van der Waals surface area contributed by atoms with Crippen LogP contribution >= 0.6 is 11.6 Å². The molecule has 7 heteroatoms. The number of nitrogens with zero attached hydrogens (tertiary/aromatic N) is 1. The maximum absolute atomic E-state index is 12.9. The van der Waals surface area contributed by atoms with Gasteiger partial charge in [0.1, 0.15) is 11.6 Å². The lowest BCUT2D eigenvalue weighted by Gasteiger charge is -2.32. The fourth-order valence-corrected chi connectivity index (χ4v) is 2.90. The van der Waals surface area contributed by atoms with Crippen LogP contribution in [0.5, 0.6) is 5.75 Å². The minimum Gasteiger partial charge on any atom is -0.491 e. The number of amides is 2. The highest BCUT2D eigenvalue weighted by atomic mass is 35.5. The van der Waals surface area contributed by atoms with Crippen LogP contribution < -0.4 is 10.1 Å². The van der Waals surface area contributed by atoms with Gasteiger partial charge < -0.3 is 15.0 Å². The first-order valence-corrected chi connectivity index (χ1v) is 8.43. The molecule has 0 aromatic heterocycles. The highest BCUT2D eigenvalue weighted by molar-refractivity contribution is 6.32. The predicted octanol–water partition coefficient (Wildman–Crippen LogP) is 2.62. The van der Waals surface area contributed by atoms with E-state index < -0.39 is 5.82 Å². The molecule has 1 aromatic carbocycles. The van der Waals surface area contributed by atoms with Crippen LogP contribution in [0, 0.1) is 11.7 Å². The molecular formula is C17H22ClFN2O3. The molecule has 0 aliphatic carbocycles. The number of rotatable bonds is 6. The third-order valence-electron chi connectivity index (χ3n) is 4.07. The third kappa shape index (κ3) is 5.67. The molecule has 0 saturated carbocycles. The highest BCUT2D eigenvalue weighted by Gasteiger charge is 2.22. The topological polar surface area (TPSA) is 58.6 Å². The summed E-state index contributed by atoms with van der Waals surface area (Å²) in [5.41, 5.74) is 0. The van der Waals surface area contributed by atoms with E-state index in [1.165, 1.54) is 25.1 Å². The molecular weight excluding hydrogens is 335 g/mol. The van der Waals surface area contributed by atoms with Crippen molar-refractivity contribution in [2.75, 3.05) is 26.2 Å². The van der Waals surface area contributed by atoms with Crippen LogP contribution in [0.4, 0.5) is 4.39 Å². The Hall–Kier alpha value is -1.82. The molecule has 1 aromatic rings. The molecule has 1 fully saturated rings. The maximum Gasteiger partial charge on any atom is 0.225 e. The van der Waals surface area contributed by atoms with E-state index in [1.807, 2.05) is 4.90 Å². The van der Waals surface area contributed by atoms with Gasteiger partial charge in [-0.05, 0) is 37.0 Å². The molecule has 0 atom stereocenters. The molecule has 1 N–H and O–H groups in total. The molecule has 2 rings (SSSR count). The number of hydrogen-bond donors (Lipinski definition) is 1. The van der Waals surface area contributed by atoms with Gasteiger partial charge in [-0.3, -0.25) is 9.59 Å². The van der Waals surface area contributed by atoms with Gasteiger partial charge in [0, 0.05) is 26.6 Å². The zero-order valence-electron chi connectivity index (χ0n) is 13.7. The lowest BCUT2D eigenvalue weighted by Crippen LogP contribution is -2.41. The van der Waals surface area contributed by atoms with E-state index in [2.05, 4.69) is 5.32 Å². The molecule has 132 valence electrons. The van der Waals surface area contributed by atoms with Gasteiger partial charge in [0.15, 0.2) is 0 Å². The summed E-state index contributed by atoms with van der Waals surface area (Å²) in [6.07, 6.45) is 2.03. The van der Waals surface area contributed by atoms with E-state index in [1.54, 1.807) is 0 Å². The van der Waals surface area contributed by atoms with Gasteiger partial charge in [-0.2, -0.15) is 0 Å². The van der Waals surface area contributed by atoms with Crippen molar-refractivity contribution in [3.8, 4) is 5.75 Å². The van der Waals surface area contributed by atoms with Gasteiger partial charge in [-0.1, -0.05) is 11.6 Å². The summed E-state index contributed by atoms with van der Waals surface area (Å²) in [4.78, 5) is 24.9. The average molecular weight is 357 g/mol. The molecule has 1 aliphatic heterocycles. The maximum atomic E-state index is 12.9.